The van der Waals surface area contributed by atoms with Gasteiger partial charge in [0.25, 0.3) is 5.91 Å². The molecule has 2 aromatic carbocycles. The van der Waals surface area contributed by atoms with Crippen molar-refractivity contribution in [2.24, 2.45) is 0 Å². The summed E-state index contributed by atoms with van der Waals surface area (Å²) >= 11 is 0. The molecule has 21 heavy (non-hydrogen) atoms. The number of rotatable bonds is 4. The Hall–Kier alpha value is -2.80. The largest absolute Gasteiger partial charge is 0.479 e. The first-order chi connectivity index (χ1) is 10.1. The highest BCUT2D eigenvalue weighted by Crippen LogP contribution is 2.18. The van der Waals surface area contributed by atoms with Crippen LogP contribution in [-0.4, -0.2) is 12.5 Å². The van der Waals surface area contributed by atoms with Crippen LogP contribution < -0.4 is 10.1 Å². The molecule has 0 aromatic heterocycles. The zero-order valence-electron chi connectivity index (χ0n) is 12.0. The summed E-state index contributed by atoms with van der Waals surface area (Å²) in [6.45, 7) is 3.92. The number of hydrogen-bond acceptors (Lipinski definition) is 3. The average molecular weight is 280 g/mol. The van der Waals surface area contributed by atoms with Crippen LogP contribution in [0.4, 0.5) is 5.69 Å². The van der Waals surface area contributed by atoms with E-state index in [2.05, 4.69) is 5.32 Å². The molecule has 1 N–H and O–H groups in total. The van der Waals surface area contributed by atoms with Gasteiger partial charge in [-0.25, -0.2) is 0 Å². The standard InChI is InChI=1S/C17H16N2O2/c1-12-4-3-5-16(13(12)2)17(20)19-14-6-8-15(9-7-14)21-11-10-18/h3-9H,11H2,1-2H3,(H,19,20). The predicted octanol–water partition coefficient (Wildman–Crippen LogP) is 3.46. The van der Waals surface area contributed by atoms with Crippen LogP contribution in [0.3, 0.4) is 0 Å². The molecule has 0 atom stereocenters. The number of ether oxygens (including phenoxy) is 1. The molecule has 106 valence electrons. The number of carbonyl (C=O) groups excluding carboxylic acids is 1. The van der Waals surface area contributed by atoms with Crippen molar-refractivity contribution in [1.82, 2.24) is 0 Å². The molecule has 0 saturated heterocycles. The van der Waals surface area contributed by atoms with Crippen molar-refractivity contribution in [2.75, 3.05) is 11.9 Å². The summed E-state index contributed by atoms with van der Waals surface area (Å²) in [5.74, 6) is 0.461. The molecule has 4 heteroatoms. The average Bonchev–Trinajstić information content (AvgIpc) is 2.49. The first kappa shape index (κ1) is 14.6. The molecule has 0 fully saturated rings. The zero-order chi connectivity index (χ0) is 15.2. The Morgan fingerprint density at radius 2 is 1.90 bits per heavy atom. The summed E-state index contributed by atoms with van der Waals surface area (Å²) in [6, 6.07) is 14.5. The molecule has 2 aromatic rings. The normalized spacial score (nSPS) is 9.76. The molecular weight excluding hydrogens is 264 g/mol. The van der Waals surface area contributed by atoms with Crippen molar-refractivity contribution in [2.45, 2.75) is 13.8 Å². The number of hydrogen-bond donors (Lipinski definition) is 1. The summed E-state index contributed by atoms with van der Waals surface area (Å²) in [5.41, 5.74) is 3.41. The number of amides is 1. The molecule has 2 rings (SSSR count). The Bertz CT molecular complexity index is 685. The highest BCUT2D eigenvalue weighted by molar-refractivity contribution is 6.05. The summed E-state index contributed by atoms with van der Waals surface area (Å²) < 4.78 is 5.16. The van der Waals surface area contributed by atoms with E-state index in [-0.39, 0.29) is 12.5 Å². The SMILES string of the molecule is Cc1cccc(C(=O)Nc2ccc(OCC#N)cc2)c1C. The summed E-state index contributed by atoms with van der Waals surface area (Å²) in [6.07, 6.45) is 0. The lowest BCUT2D eigenvalue weighted by atomic mass is 10.0. The Kier molecular flexibility index (Phi) is 4.57. The molecular formula is C17H16N2O2. The van der Waals surface area contributed by atoms with Crippen molar-refractivity contribution in [1.29, 1.82) is 5.26 Å². The lowest BCUT2D eigenvalue weighted by Gasteiger charge is -2.10. The number of nitriles is 1. The second-order valence-electron chi connectivity index (χ2n) is 4.67. The third-order valence-corrected chi connectivity index (χ3v) is 3.26. The monoisotopic (exact) mass is 280 g/mol. The minimum Gasteiger partial charge on any atom is -0.479 e. The first-order valence-corrected chi connectivity index (χ1v) is 6.59. The maximum absolute atomic E-state index is 12.3. The second kappa shape index (κ2) is 6.58. The van der Waals surface area contributed by atoms with Gasteiger partial charge in [0.2, 0.25) is 0 Å². The number of nitrogens with zero attached hydrogens (tertiary/aromatic N) is 1. The zero-order valence-corrected chi connectivity index (χ0v) is 12.0. The van der Waals surface area contributed by atoms with E-state index < -0.39 is 0 Å². The fraction of sp³-hybridized carbons (Fsp3) is 0.176. The van der Waals surface area contributed by atoms with Crippen molar-refractivity contribution >= 4 is 11.6 Å². The van der Waals surface area contributed by atoms with E-state index in [0.717, 1.165) is 11.1 Å². The van der Waals surface area contributed by atoms with Crippen LogP contribution >= 0.6 is 0 Å². The molecule has 0 saturated carbocycles. The van der Waals surface area contributed by atoms with Crippen molar-refractivity contribution in [3.63, 3.8) is 0 Å². The number of carbonyl (C=O) groups is 1. The Morgan fingerprint density at radius 3 is 2.57 bits per heavy atom. The first-order valence-electron chi connectivity index (χ1n) is 6.59. The molecule has 0 spiro atoms. The van der Waals surface area contributed by atoms with Crippen LogP contribution in [0.5, 0.6) is 5.75 Å². The highest BCUT2D eigenvalue weighted by Gasteiger charge is 2.10. The lowest BCUT2D eigenvalue weighted by molar-refractivity contribution is 0.102. The van der Waals surface area contributed by atoms with Gasteiger partial charge in [0, 0.05) is 11.3 Å². The molecule has 0 aliphatic carbocycles. The summed E-state index contributed by atoms with van der Waals surface area (Å²) in [4.78, 5) is 12.3. The second-order valence-corrected chi connectivity index (χ2v) is 4.67. The molecule has 0 bridgehead atoms. The van der Waals surface area contributed by atoms with Gasteiger partial charge in [-0.2, -0.15) is 5.26 Å². The Morgan fingerprint density at radius 1 is 1.19 bits per heavy atom. The van der Waals surface area contributed by atoms with E-state index >= 15 is 0 Å². The minimum absolute atomic E-state index is 0.00813. The fourth-order valence-corrected chi connectivity index (χ4v) is 1.95. The van der Waals surface area contributed by atoms with E-state index in [4.69, 9.17) is 10.00 Å². The van der Waals surface area contributed by atoms with Crippen LogP contribution in [-0.2, 0) is 0 Å². The van der Waals surface area contributed by atoms with Crippen LogP contribution in [0, 0.1) is 25.2 Å². The van der Waals surface area contributed by atoms with Gasteiger partial charge in [-0.15, -0.1) is 0 Å². The molecule has 1 amide bonds. The molecule has 0 unspecified atom stereocenters. The van der Waals surface area contributed by atoms with E-state index in [1.807, 2.05) is 38.1 Å². The third kappa shape index (κ3) is 3.61. The van der Waals surface area contributed by atoms with Gasteiger partial charge in [0.15, 0.2) is 6.61 Å². The van der Waals surface area contributed by atoms with E-state index in [1.54, 1.807) is 24.3 Å². The molecule has 0 aliphatic rings. The number of anilines is 1. The quantitative estimate of drug-likeness (QED) is 0.932. The molecule has 0 heterocycles. The molecule has 0 aliphatic heterocycles. The van der Waals surface area contributed by atoms with Crippen molar-refractivity contribution in [3.8, 4) is 11.8 Å². The maximum Gasteiger partial charge on any atom is 0.255 e. The third-order valence-electron chi connectivity index (χ3n) is 3.26. The van der Waals surface area contributed by atoms with Gasteiger partial charge in [0.05, 0.1) is 0 Å². The Labute approximate surface area is 124 Å². The van der Waals surface area contributed by atoms with Crippen LogP contribution in [0.1, 0.15) is 21.5 Å². The van der Waals surface area contributed by atoms with Crippen LogP contribution in [0.15, 0.2) is 42.5 Å². The molecule has 4 nitrogen and oxygen atoms in total. The van der Waals surface area contributed by atoms with Gasteiger partial charge in [-0.3, -0.25) is 4.79 Å². The fourth-order valence-electron chi connectivity index (χ4n) is 1.95. The summed E-state index contributed by atoms with van der Waals surface area (Å²) in [5, 5.41) is 11.3. The number of aryl methyl sites for hydroxylation is 1. The van der Waals surface area contributed by atoms with Gasteiger partial charge in [-0.1, -0.05) is 12.1 Å². The predicted molar refractivity (Wildman–Crippen MR) is 81.4 cm³/mol. The van der Waals surface area contributed by atoms with E-state index in [1.165, 1.54) is 0 Å². The summed E-state index contributed by atoms with van der Waals surface area (Å²) in [7, 11) is 0. The van der Waals surface area contributed by atoms with E-state index in [0.29, 0.717) is 17.0 Å². The molecule has 0 radical (unpaired) electrons. The van der Waals surface area contributed by atoms with Gasteiger partial charge in [0.1, 0.15) is 11.8 Å². The minimum atomic E-state index is -0.137. The van der Waals surface area contributed by atoms with E-state index in [9.17, 15) is 4.79 Å². The maximum atomic E-state index is 12.3. The van der Waals surface area contributed by atoms with Gasteiger partial charge in [-0.05, 0) is 55.3 Å². The lowest BCUT2D eigenvalue weighted by Crippen LogP contribution is -2.13. The van der Waals surface area contributed by atoms with Gasteiger partial charge >= 0.3 is 0 Å². The van der Waals surface area contributed by atoms with Crippen LogP contribution in [0.2, 0.25) is 0 Å². The topological polar surface area (TPSA) is 62.1 Å². The highest BCUT2D eigenvalue weighted by atomic mass is 16.5. The van der Waals surface area contributed by atoms with Gasteiger partial charge < -0.3 is 10.1 Å². The smallest absolute Gasteiger partial charge is 0.255 e. The van der Waals surface area contributed by atoms with Crippen molar-refractivity contribution < 1.29 is 9.53 Å². The Balaban J connectivity index is 2.09. The number of nitrogens with one attached hydrogen (secondary N) is 1. The van der Waals surface area contributed by atoms with Crippen LogP contribution in [0.25, 0.3) is 0 Å². The van der Waals surface area contributed by atoms with Crippen molar-refractivity contribution in [3.05, 3.63) is 59.2 Å². The number of benzene rings is 2.